The van der Waals surface area contributed by atoms with Gasteiger partial charge >= 0.3 is 0 Å². The van der Waals surface area contributed by atoms with Crippen molar-refractivity contribution < 1.29 is 4.79 Å². The van der Waals surface area contributed by atoms with Gasteiger partial charge in [-0.3, -0.25) is 9.48 Å². The maximum atomic E-state index is 12.3. The lowest BCUT2D eigenvalue weighted by Crippen LogP contribution is -2.14. The van der Waals surface area contributed by atoms with E-state index >= 15 is 0 Å². The average Bonchev–Trinajstić information content (AvgIpc) is 3.39. The molecule has 9 heteroatoms. The number of amides is 1. The molecule has 0 saturated heterocycles. The summed E-state index contributed by atoms with van der Waals surface area (Å²) < 4.78 is 1.94. The summed E-state index contributed by atoms with van der Waals surface area (Å²) in [5.74, 6) is 0.659. The van der Waals surface area contributed by atoms with Gasteiger partial charge in [-0.05, 0) is 37.1 Å². The topological polar surface area (TPSA) is 109 Å². The van der Waals surface area contributed by atoms with E-state index < -0.39 is 0 Å². The van der Waals surface area contributed by atoms with Gasteiger partial charge in [0.15, 0.2) is 0 Å². The zero-order chi connectivity index (χ0) is 21.4. The molecule has 1 saturated carbocycles. The summed E-state index contributed by atoms with van der Waals surface area (Å²) in [4.78, 5) is 21.5. The number of carbonyl (C=O) groups excluding carboxylic acids is 1. The summed E-state index contributed by atoms with van der Waals surface area (Å²) >= 11 is 0. The Kier molecular flexibility index (Phi) is 4.62. The third kappa shape index (κ3) is 3.97. The molecule has 1 aliphatic heterocycles. The van der Waals surface area contributed by atoms with Crippen molar-refractivity contribution in [2.24, 2.45) is 0 Å². The quantitative estimate of drug-likeness (QED) is 0.415. The number of hydrogen-bond donors (Lipinski definition) is 4. The Morgan fingerprint density at radius 3 is 2.84 bits per heavy atom. The second kappa shape index (κ2) is 7.60. The highest BCUT2D eigenvalue weighted by Crippen LogP contribution is 2.35. The van der Waals surface area contributed by atoms with Crippen LogP contribution in [0.2, 0.25) is 0 Å². The second-order valence-electron chi connectivity index (χ2n) is 7.53. The van der Waals surface area contributed by atoms with E-state index in [9.17, 15) is 4.79 Å². The molecule has 0 atom stereocenters. The first kappa shape index (κ1) is 18.9. The third-order valence-electron chi connectivity index (χ3n) is 5.08. The van der Waals surface area contributed by atoms with Gasteiger partial charge in [-0.2, -0.15) is 10.1 Å². The maximum Gasteiger partial charge on any atom is 0.257 e. The highest BCUT2D eigenvalue weighted by molar-refractivity contribution is 6.02. The number of anilines is 5. The molecule has 2 aromatic heterocycles. The van der Waals surface area contributed by atoms with E-state index in [0.717, 1.165) is 29.9 Å². The lowest BCUT2D eigenvalue weighted by atomic mass is 10.2. The van der Waals surface area contributed by atoms with Crippen molar-refractivity contribution in [3.8, 4) is 0 Å². The van der Waals surface area contributed by atoms with E-state index in [2.05, 4.69) is 49.5 Å². The zero-order valence-corrected chi connectivity index (χ0v) is 16.9. The van der Waals surface area contributed by atoms with Gasteiger partial charge in [-0.1, -0.05) is 19.2 Å². The largest absolute Gasteiger partial charge is 0.356 e. The fraction of sp³-hybridized carbons (Fsp3) is 0.182. The normalized spacial score (nSPS) is 14.5. The number of aromatic nitrogens is 4. The van der Waals surface area contributed by atoms with Gasteiger partial charge in [-0.15, -0.1) is 0 Å². The summed E-state index contributed by atoms with van der Waals surface area (Å²) in [6.45, 7) is 7.93. The van der Waals surface area contributed by atoms with Crippen LogP contribution in [0.15, 0.2) is 61.6 Å². The monoisotopic (exact) mass is 414 g/mol. The summed E-state index contributed by atoms with van der Waals surface area (Å²) in [6.07, 6.45) is 7.63. The molecular formula is C22H22N8O. The second-order valence-corrected chi connectivity index (χ2v) is 7.53. The van der Waals surface area contributed by atoms with E-state index in [1.807, 2.05) is 35.1 Å². The maximum absolute atomic E-state index is 12.3. The SMILES string of the molecule is C=CC(=C)Nc1cccc(Nc2nc3c(c(Nc4cnn(C5CC5)c4)n2)C(=O)NC3)c1. The Morgan fingerprint density at radius 2 is 2.03 bits per heavy atom. The number of nitrogens with zero attached hydrogens (tertiary/aromatic N) is 4. The van der Waals surface area contributed by atoms with E-state index in [4.69, 9.17) is 0 Å². The molecule has 156 valence electrons. The first-order valence-corrected chi connectivity index (χ1v) is 10.0. The number of fused-ring (bicyclic) bond motifs is 1. The third-order valence-corrected chi connectivity index (χ3v) is 5.08. The van der Waals surface area contributed by atoms with Crippen molar-refractivity contribution >= 4 is 34.7 Å². The molecule has 1 aromatic carbocycles. The van der Waals surface area contributed by atoms with Gasteiger partial charge in [0, 0.05) is 23.3 Å². The molecule has 0 spiro atoms. The van der Waals surface area contributed by atoms with Crippen LogP contribution in [-0.4, -0.2) is 25.7 Å². The summed E-state index contributed by atoms with van der Waals surface area (Å²) in [5.41, 5.74) is 4.25. The minimum atomic E-state index is -0.187. The number of hydrogen-bond acceptors (Lipinski definition) is 7. The van der Waals surface area contributed by atoms with E-state index in [-0.39, 0.29) is 5.91 Å². The standard InChI is InChI=1S/C22H22N8O/c1-3-13(2)25-14-5-4-6-15(9-14)27-22-28-18-11-23-21(31)19(18)20(29-22)26-16-10-24-30(12-16)17-7-8-17/h3-6,9-10,12,17,25H,1-2,7-8,11H2,(H,23,31)(H2,26,27,28,29). The molecule has 3 heterocycles. The van der Waals surface area contributed by atoms with Crippen LogP contribution in [0.3, 0.4) is 0 Å². The van der Waals surface area contributed by atoms with Crippen LogP contribution >= 0.6 is 0 Å². The van der Waals surface area contributed by atoms with Crippen LogP contribution in [0.25, 0.3) is 0 Å². The Balaban J connectivity index is 1.42. The molecule has 0 radical (unpaired) electrons. The number of rotatable bonds is 8. The molecule has 2 aliphatic rings. The van der Waals surface area contributed by atoms with Gasteiger partial charge in [0.05, 0.1) is 30.2 Å². The fourth-order valence-corrected chi connectivity index (χ4v) is 3.39. The molecular weight excluding hydrogens is 392 g/mol. The number of allylic oxidation sites excluding steroid dienone is 1. The molecule has 0 unspecified atom stereocenters. The lowest BCUT2D eigenvalue weighted by molar-refractivity contribution is 0.0966. The Labute approximate surface area is 179 Å². The van der Waals surface area contributed by atoms with Crippen LogP contribution in [0, 0.1) is 0 Å². The fourth-order valence-electron chi connectivity index (χ4n) is 3.39. The Hall–Kier alpha value is -4.14. The van der Waals surface area contributed by atoms with Gasteiger partial charge in [0.25, 0.3) is 5.91 Å². The minimum Gasteiger partial charge on any atom is -0.356 e. The van der Waals surface area contributed by atoms with E-state index in [1.54, 1.807) is 12.3 Å². The zero-order valence-electron chi connectivity index (χ0n) is 16.9. The highest BCUT2D eigenvalue weighted by atomic mass is 16.2. The molecule has 1 aliphatic carbocycles. The number of benzene rings is 1. The van der Waals surface area contributed by atoms with Gasteiger partial charge < -0.3 is 21.3 Å². The smallest absolute Gasteiger partial charge is 0.257 e. The van der Waals surface area contributed by atoms with Gasteiger partial charge in [0.1, 0.15) is 11.4 Å². The van der Waals surface area contributed by atoms with E-state index in [0.29, 0.717) is 41.3 Å². The van der Waals surface area contributed by atoms with Crippen LogP contribution < -0.4 is 21.3 Å². The van der Waals surface area contributed by atoms with Crippen LogP contribution in [-0.2, 0) is 6.54 Å². The van der Waals surface area contributed by atoms with Crippen molar-refractivity contribution in [2.75, 3.05) is 16.0 Å². The molecule has 31 heavy (non-hydrogen) atoms. The number of carbonyl (C=O) groups is 1. The highest BCUT2D eigenvalue weighted by Gasteiger charge is 2.28. The van der Waals surface area contributed by atoms with Crippen molar-refractivity contribution in [3.05, 3.63) is 72.8 Å². The predicted molar refractivity (Wildman–Crippen MR) is 120 cm³/mol. The Bertz CT molecular complexity index is 1190. The Morgan fingerprint density at radius 1 is 1.19 bits per heavy atom. The van der Waals surface area contributed by atoms with Crippen LogP contribution in [0.4, 0.5) is 28.8 Å². The molecule has 1 fully saturated rings. The molecule has 4 N–H and O–H groups in total. The van der Waals surface area contributed by atoms with Crippen molar-refractivity contribution in [2.45, 2.75) is 25.4 Å². The van der Waals surface area contributed by atoms with Gasteiger partial charge in [-0.25, -0.2) is 4.98 Å². The lowest BCUT2D eigenvalue weighted by Gasteiger charge is -2.12. The summed E-state index contributed by atoms with van der Waals surface area (Å²) in [6, 6.07) is 8.14. The summed E-state index contributed by atoms with van der Waals surface area (Å²) in [7, 11) is 0. The minimum absolute atomic E-state index is 0.187. The predicted octanol–water partition coefficient (Wildman–Crippen LogP) is 3.85. The first-order chi connectivity index (χ1) is 15.1. The molecule has 0 bridgehead atoms. The van der Waals surface area contributed by atoms with Crippen molar-refractivity contribution in [1.82, 2.24) is 25.1 Å². The summed E-state index contributed by atoms with van der Waals surface area (Å²) in [5, 5.41) is 16.8. The first-order valence-electron chi connectivity index (χ1n) is 10.0. The van der Waals surface area contributed by atoms with Crippen LogP contribution in [0.1, 0.15) is 34.9 Å². The van der Waals surface area contributed by atoms with Crippen LogP contribution in [0.5, 0.6) is 0 Å². The molecule has 9 nitrogen and oxygen atoms in total. The average molecular weight is 414 g/mol. The molecule has 1 amide bonds. The van der Waals surface area contributed by atoms with Crippen molar-refractivity contribution in [3.63, 3.8) is 0 Å². The number of nitrogens with one attached hydrogen (secondary N) is 4. The van der Waals surface area contributed by atoms with Gasteiger partial charge in [0.2, 0.25) is 5.95 Å². The van der Waals surface area contributed by atoms with Crippen molar-refractivity contribution in [1.29, 1.82) is 0 Å². The molecule has 5 rings (SSSR count). The molecule has 3 aromatic rings. The van der Waals surface area contributed by atoms with E-state index in [1.165, 1.54) is 0 Å².